The normalized spacial score (nSPS) is 14.2. The zero-order chi connectivity index (χ0) is 23.3. The molecule has 3 aromatic rings. The van der Waals surface area contributed by atoms with Crippen LogP contribution in [0.15, 0.2) is 64.6 Å². The smallest absolute Gasteiger partial charge is 0.238 e. The fourth-order valence-electron chi connectivity index (χ4n) is 3.75. The highest BCUT2D eigenvalue weighted by molar-refractivity contribution is 7.99. The summed E-state index contributed by atoms with van der Waals surface area (Å²) in [5, 5.41) is 11.8. The van der Waals surface area contributed by atoms with Crippen molar-refractivity contribution in [3.05, 3.63) is 54.9 Å². The molecule has 1 aliphatic rings. The van der Waals surface area contributed by atoms with Gasteiger partial charge in [0.1, 0.15) is 18.0 Å². The van der Waals surface area contributed by atoms with E-state index in [1.54, 1.807) is 23.9 Å². The number of anilines is 5. The molecule has 1 fully saturated rings. The summed E-state index contributed by atoms with van der Waals surface area (Å²) >= 11 is 1.60. The molecule has 1 aliphatic heterocycles. The summed E-state index contributed by atoms with van der Waals surface area (Å²) in [5.41, 5.74) is 2.80. The quantitative estimate of drug-likeness (QED) is 0.394. The van der Waals surface area contributed by atoms with Crippen LogP contribution in [0.5, 0.6) is 0 Å². The average Bonchev–Trinajstić information content (AvgIpc) is 2.81. The summed E-state index contributed by atoms with van der Waals surface area (Å²) < 4.78 is 23.6. The number of nitrogens with zero attached hydrogens (tertiary/aromatic N) is 3. The first-order valence-corrected chi connectivity index (χ1v) is 13.5. The number of primary sulfonamides is 1. The minimum Gasteiger partial charge on any atom is -0.372 e. The van der Waals surface area contributed by atoms with Gasteiger partial charge in [0.05, 0.1) is 10.6 Å². The van der Waals surface area contributed by atoms with Crippen LogP contribution in [0.2, 0.25) is 0 Å². The summed E-state index contributed by atoms with van der Waals surface area (Å²) in [6.45, 7) is 4.25. The van der Waals surface area contributed by atoms with Crippen LogP contribution in [0, 0.1) is 0 Å². The SMILES string of the molecule is CCSc1ccc(S(N)(=O)=O)cc1Nc1cc(Nc2ccc(N3CCCCC3)cc2)ncn1. The lowest BCUT2D eigenvalue weighted by atomic mass is 10.1. The third-order valence-electron chi connectivity index (χ3n) is 5.37. The Kier molecular flexibility index (Phi) is 7.36. The molecule has 0 aliphatic carbocycles. The number of nitrogens with one attached hydrogen (secondary N) is 2. The van der Waals surface area contributed by atoms with E-state index in [4.69, 9.17) is 5.14 Å². The summed E-state index contributed by atoms with van der Waals surface area (Å²) in [6.07, 6.45) is 5.26. The second-order valence-corrected chi connectivity index (χ2v) is 10.6. The van der Waals surface area contributed by atoms with Crippen molar-refractivity contribution in [1.82, 2.24) is 9.97 Å². The summed E-state index contributed by atoms with van der Waals surface area (Å²) in [7, 11) is -3.81. The molecule has 2 aromatic carbocycles. The van der Waals surface area contributed by atoms with Gasteiger partial charge in [-0.05, 0) is 67.5 Å². The zero-order valence-electron chi connectivity index (χ0n) is 18.5. The van der Waals surface area contributed by atoms with Gasteiger partial charge >= 0.3 is 0 Å². The Morgan fingerprint density at radius 3 is 2.33 bits per heavy atom. The van der Waals surface area contributed by atoms with Gasteiger partial charge in [0.2, 0.25) is 10.0 Å². The Morgan fingerprint density at radius 1 is 0.970 bits per heavy atom. The molecule has 0 spiro atoms. The molecule has 8 nitrogen and oxygen atoms in total. The number of rotatable bonds is 8. The van der Waals surface area contributed by atoms with E-state index in [1.165, 1.54) is 43.4 Å². The molecule has 2 heterocycles. The minimum atomic E-state index is -3.81. The van der Waals surface area contributed by atoms with Crippen LogP contribution in [-0.2, 0) is 10.0 Å². The van der Waals surface area contributed by atoms with E-state index in [-0.39, 0.29) is 4.90 Å². The lowest BCUT2D eigenvalue weighted by Crippen LogP contribution is -2.29. The summed E-state index contributed by atoms with van der Waals surface area (Å²) in [4.78, 5) is 12.0. The van der Waals surface area contributed by atoms with Gasteiger partial charge in [-0.15, -0.1) is 11.8 Å². The van der Waals surface area contributed by atoms with Crippen molar-refractivity contribution in [2.45, 2.75) is 36.0 Å². The van der Waals surface area contributed by atoms with E-state index >= 15 is 0 Å². The number of thioether (sulfide) groups is 1. The van der Waals surface area contributed by atoms with Crippen LogP contribution >= 0.6 is 11.8 Å². The number of hydrogen-bond donors (Lipinski definition) is 3. The first-order valence-electron chi connectivity index (χ1n) is 10.9. The van der Waals surface area contributed by atoms with Crippen LogP contribution in [-0.4, -0.2) is 37.2 Å². The predicted octanol–water partition coefficient (Wildman–Crippen LogP) is 4.71. The molecule has 33 heavy (non-hydrogen) atoms. The summed E-state index contributed by atoms with van der Waals surface area (Å²) in [5.74, 6) is 2.01. The van der Waals surface area contributed by atoms with Crippen molar-refractivity contribution in [2.75, 3.05) is 34.4 Å². The summed E-state index contributed by atoms with van der Waals surface area (Å²) in [6, 6.07) is 14.9. The minimum absolute atomic E-state index is 0.0478. The monoisotopic (exact) mass is 484 g/mol. The third-order valence-corrected chi connectivity index (χ3v) is 7.24. The van der Waals surface area contributed by atoms with Crippen molar-refractivity contribution >= 4 is 50.5 Å². The van der Waals surface area contributed by atoms with Crippen molar-refractivity contribution in [1.29, 1.82) is 0 Å². The van der Waals surface area contributed by atoms with E-state index in [2.05, 4.69) is 37.6 Å². The largest absolute Gasteiger partial charge is 0.372 e. The van der Waals surface area contributed by atoms with Gasteiger partial charge in [-0.1, -0.05) is 6.92 Å². The molecule has 0 unspecified atom stereocenters. The van der Waals surface area contributed by atoms with Crippen LogP contribution in [0.25, 0.3) is 0 Å². The highest BCUT2D eigenvalue weighted by Gasteiger charge is 2.13. The van der Waals surface area contributed by atoms with E-state index in [9.17, 15) is 8.42 Å². The van der Waals surface area contributed by atoms with Gasteiger partial charge in [-0.25, -0.2) is 23.5 Å². The molecule has 4 N–H and O–H groups in total. The Labute approximate surface area is 199 Å². The van der Waals surface area contributed by atoms with Gasteiger partial charge in [-0.3, -0.25) is 0 Å². The standard InChI is InChI=1S/C23H28N6O2S2/c1-2-32-21-11-10-19(33(24,30)31)14-20(21)28-23-15-22(25-16-26-23)27-17-6-8-18(9-7-17)29-12-4-3-5-13-29/h6-11,14-16H,2-5,12-13H2,1H3,(H2,24,30,31)(H2,25,26,27,28). The van der Waals surface area contributed by atoms with E-state index in [0.29, 0.717) is 17.3 Å². The van der Waals surface area contributed by atoms with Gasteiger partial charge in [-0.2, -0.15) is 0 Å². The van der Waals surface area contributed by atoms with Gasteiger partial charge in [0.15, 0.2) is 0 Å². The van der Waals surface area contributed by atoms with Gasteiger partial charge < -0.3 is 15.5 Å². The van der Waals surface area contributed by atoms with E-state index < -0.39 is 10.0 Å². The fraction of sp³-hybridized carbons (Fsp3) is 0.304. The first kappa shape index (κ1) is 23.3. The molecule has 0 radical (unpaired) electrons. The maximum atomic E-state index is 11.8. The molecule has 0 saturated carbocycles. The molecule has 4 rings (SSSR count). The maximum Gasteiger partial charge on any atom is 0.238 e. The van der Waals surface area contributed by atoms with Crippen molar-refractivity contribution in [3.63, 3.8) is 0 Å². The number of nitrogens with two attached hydrogens (primary N) is 1. The Bertz CT molecular complexity index is 1200. The highest BCUT2D eigenvalue weighted by Crippen LogP contribution is 2.32. The van der Waals surface area contributed by atoms with Gasteiger partial charge in [0.25, 0.3) is 0 Å². The Hall–Kier alpha value is -2.82. The Balaban J connectivity index is 1.50. The van der Waals surface area contributed by atoms with Gasteiger partial charge in [0, 0.05) is 35.4 Å². The molecule has 0 bridgehead atoms. The maximum absolute atomic E-state index is 11.8. The number of hydrogen-bond acceptors (Lipinski definition) is 8. The topological polar surface area (TPSA) is 113 Å². The first-order chi connectivity index (χ1) is 15.9. The van der Waals surface area contributed by atoms with Crippen LogP contribution < -0.4 is 20.7 Å². The lowest BCUT2D eigenvalue weighted by molar-refractivity contribution is 0.578. The second kappa shape index (κ2) is 10.4. The van der Waals surface area contributed by atoms with E-state index in [1.807, 2.05) is 19.1 Å². The number of piperidine rings is 1. The fourth-order valence-corrected chi connectivity index (χ4v) is 5.03. The molecule has 10 heteroatoms. The zero-order valence-corrected chi connectivity index (χ0v) is 20.1. The molecule has 1 saturated heterocycles. The lowest BCUT2D eigenvalue weighted by Gasteiger charge is -2.28. The van der Waals surface area contributed by atoms with Crippen molar-refractivity contribution in [2.24, 2.45) is 5.14 Å². The molecule has 1 aromatic heterocycles. The van der Waals surface area contributed by atoms with Crippen molar-refractivity contribution < 1.29 is 8.42 Å². The third kappa shape index (κ3) is 6.16. The molecular weight excluding hydrogens is 456 g/mol. The van der Waals surface area contributed by atoms with E-state index in [0.717, 1.165) is 29.4 Å². The molecule has 0 amide bonds. The van der Waals surface area contributed by atoms with Crippen LogP contribution in [0.3, 0.4) is 0 Å². The van der Waals surface area contributed by atoms with Crippen LogP contribution in [0.1, 0.15) is 26.2 Å². The molecule has 0 atom stereocenters. The van der Waals surface area contributed by atoms with Crippen molar-refractivity contribution in [3.8, 4) is 0 Å². The highest BCUT2D eigenvalue weighted by atomic mass is 32.2. The number of sulfonamides is 1. The number of aromatic nitrogens is 2. The predicted molar refractivity (Wildman–Crippen MR) is 135 cm³/mol. The average molecular weight is 485 g/mol. The van der Waals surface area contributed by atoms with Crippen LogP contribution in [0.4, 0.5) is 28.7 Å². The molecule has 174 valence electrons. The Morgan fingerprint density at radius 2 is 1.67 bits per heavy atom. The number of benzene rings is 2. The second-order valence-electron chi connectivity index (χ2n) is 7.77. The molecular formula is C23H28N6O2S2.